The van der Waals surface area contributed by atoms with Gasteiger partial charge in [0, 0.05) is 48.1 Å². The van der Waals surface area contributed by atoms with Crippen molar-refractivity contribution in [3.63, 3.8) is 0 Å². The molecule has 0 unspecified atom stereocenters. The van der Waals surface area contributed by atoms with Crippen molar-refractivity contribution < 1.29 is 9.59 Å². The first kappa shape index (κ1) is 17.4. The van der Waals surface area contributed by atoms with E-state index in [4.69, 9.17) is 11.6 Å². The number of halogens is 1. The smallest absolute Gasteiger partial charge is 0.251 e. The van der Waals surface area contributed by atoms with Gasteiger partial charge < -0.3 is 10.6 Å². The van der Waals surface area contributed by atoms with Crippen molar-refractivity contribution in [3.05, 3.63) is 51.4 Å². The average molecular weight is 352 g/mol. The summed E-state index contributed by atoms with van der Waals surface area (Å²) in [6, 6.07) is 6.69. The zero-order valence-electron chi connectivity index (χ0n) is 12.5. The molecule has 0 atom stereocenters. The summed E-state index contributed by atoms with van der Waals surface area (Å²) >= 11 is 7.35. The standard InChI is InChI=1S/C16H18ClN3O2S/c17-13-5-3-12(4-6-13)16(22)20-8-1-2-14(21)18-9-7-15-19-10-11-23-15/h3-6,10-11H,1-2,7-9H2,(H,18,21)(H,20,22). The zero-order chi connectivity index (χ0) is 16.5. The van der Waals surface area contributed by atoms with Crippen LogP contribution >= 0.6 is 22.9 Å². The van der Waals surface area contributed by atoms with E-state index in [1.54, 1.807) is 41.8 Å². The molecule has 23 heavy (non-hydrogen) atoms. The maximum atomic E-state index is 11.8. The number of carbonyl (C=O) groups excluding carboxylic acids is 2. The second kappa shape index (κ2) is 9.27. The molecule has 2 N–H and O–H groups in total. The van der Waals surface area contributed by atoms with Crippen molar-refractivity contribution in [1.82, 2.24) is 15.6 Å². The first-order chi connectivity index (χ1) is 11.1. The molecule has 0 fully saturated rings. The topological polar surface area (TPSA) is 71.1 Å². The molecule has 0 radical (unpaired) electrons. The highest BCUT2D eigenvalue weighted by Gasteiger charge is 2.06. The van der Waals surface area contributed by atoms with E-state index in [1.807, 2.05) is 5.38 Å². The molecule has 0 spiro atoms. The van der Waals surface area contributed by atoms with Crippen LogP contribution in [0.15, 0.2) is 35.8 Å². The van der Waals surface area contributed by atoms with Crippen LogP contribution in [-0.2, 0) is 11.2 Å². The van der Waals surface area contributed by atoms with E-state index in [9.17, 15) is 9.59 Å². The Morgan fingerprint density at radius 2 is 1.91 bits per heavy atom. The lowest BCUT2D eigenvalue weighted by Gasteiger charge is -2.06. The summed E-state index contributed by atoms with van der Waals surface area (Å²) in [5, 5.41) is 9.15. The molecule has 2 aromatic rings. The minimum Gasteiger partial charge on any atom is -0.356 e. The molecular formula is C16H18ClN3O2S. The van der Waals surface area contributed by atoms with Crippen LogP contribution in [0.1, 0.15) is 28.2 Å². The third-order valence-electron chi connectivity index (χ3n) is 3.12. The molecule has 0 saturated carbocycles. The second-order valence-corrected chi connectivity index (χ2v) is 6.31. The van der Waals surface area contributed by atoms with Gasteiger partial charge in [0.15, 0.2) is 0 Å². The number of aromatic nitrogens is 1. The molecule has 0 bridgehead atoms. The van der Waals surface area contributed by atoms with E-state index in [2.05, 4.69) is 15.6 Å². The zero-order valence-corrected chi connectivity index (χ0v) is 14.1. The Kier molecular flexibility index (Phi) is 7.03. The van der Waals surface area contributed by atoms with Crippen molar-refractivity contribution in [2.24, 2.45) is 0 Å². The predicted octanol–water partition coefficient (Wildman–Crippen LogP) is 2.67. The Labute approximate surface area is 144 Å². The number of thiazole rings is 1. The van der Waals surface area contributed by atoms with Gasteiger partial charge in [-0.15, -0.1) is 11.3 Å². The molecule has 0 aliphatic carbocycles. The van der Waals surface area contributed by atoms with E-state index in [1.165, 1.54) is 0 Å². The van der Waals surface area contributed by atoms with Gasteiger partial charge in [-0.05, 0) is 30.7 Å². The molecule has 0 aliphatic heterocycles. The molecule has 1 aromatic carbocycles. The average Bonchev–Trinajstić information content (AvgIpc) is 3.05. The fourth-order valence-electron chi connectivity index (χ4n) is 1.93. The number of nitrogens with one attached hydrogen (secondary N) is 2. The van der Waals surface area contributed by atoms with Crippen LogP contribution in [0, 0.1) is 0 Å². The van der Waals surface area contributed by atoms with Crippen LogP contribution in [0.25, 0.3) is 0 Å². The predicted molar refractivity (Wildman–Crippen MR) is 91.8 cm³/mol. The summed E-state index contributed by atoms with van der Waals surface area (Å²) in [5.41, 5.74) is 0.558. The maximum Gasteiger partial charge on any atom is 0.251 e. The molecular weight excluding hydrogens is 334 g/mol. The number of hydrogen-bond acceptors (Lipinski definition) is 4. The summed E-state index contributed by atoms with van der Waals surface area (Å²) in [7, 11) is 0. The van der Waals surface area contributed by atoms with Crippen molar-refractivity contribution in [2.75, 3.05) is 13.1 Å². The van der Waals surface area contributed by atoms with Gasteiger partial charge in [-0.2, -0.15) is 0 Å². The molecule has 1 heterocycles. The quantitative estimate of drug-likeness (QED) is 0.718. The minimum absolute atomic E-state index is 0.0118. The summed E-state index contributed by atoms with van der Waals surface area (Å²) in [4.78, 5) is 27.7. The fraction of sp³-hybridized carbons (Fsp3) is 0.312. The van der Waals surface area contributed by atoms with Gasteiger partial charge >= 0.3 is 0 Å². The Hall–Kier alpha value is -1.92. The molecule has 5 nitrogen and oxygen atoms in total. The normalized spacial score (nSPS) is 10.3. The summed E-state index contributed by atoms with van der Waals surface area (Å²) in [6.07, 6.45) is 3.49. The fourth-order valence-corrected chi connectivity index (χ4v) is 2.67. The lowest BCUT2D eigenvalue weighted by Crippen LogP contribution is -2.28. The number of hydrogen-bond donors (Lipinski definition) is 2. The summed E-state index contributed by atoms with van der Waals surface area (Å²) < 4.78 is 0. The third kappa shape index (κ3) is 6.38. The van der Waals surface area contributed by atoms with Crippen molar-refractivity contribution >= 4 is 34.8 Å². The molecule has 1 aromatic heterocycles. The number of carbonyl (C=O) groups is 2. The third-order valence-corrected chi connectivity index (χ3v) is 4.21. The molecule has 0 saturated heterocycles. The van der Waals surface area contributed by atoms with Crippen LogP contribution in [-0.4, -0.2) is 29.9 Å². The Balaban J connectivity index is 1.56. The van der Waals surface area contributed by atoms with E-state index in [0.717, 1.165) is 11.4 Å². The number of benzene rings is 1. The summed E-state index contributed by atoms with van der Waals surface area (Å²) in [5.74, 6) is -0.173. The maximum absolute atomic E-state index is 11.8. The van der Waals surface area contributed by atoms with Gasteiger partial charge in [-0.25, -0.2) is 4.98 Å². The van der Waals surface area contributed by atoms with Crippen molar-refractivity contribution in [2.45, 2.75) is 19.3 Å². The first-order valence-electron chi connectivity index (χ1n) is 7.34. The lowest BCUT2D eigenvalue weighted by atomic mass is 10.2. The Bertz CT molecular complexity index is 629. The van der Waals surface area contributed by atoms with E-state index in [-0.39, 0.29) is 11.8 Å². The van der Waals surface area contributed by atoms with E-state index in [0.29, 0.717) is 36.5 Å². The highest BCUT2D eigenvalue weighted by molar-refractivity contribution is 7.09. The molecule has 0 aliphatic rings. The largest absolute Gasteiger partial charge is 0.356 e. The summed E-state index contributed by atoms with van der Waals surface area (Å²) in [6.45, 7) is 1.05. The second-order valence-electron chi connectivity index (χ2n) is 4.89. The van der Waals surface area contributed by atoms with Gasteiger partial charge in [-0.3, -0.25) is 9.59 Å². The van der Waals surface area contributed by atoms with Gasteiger partial charge in [0.2, 0.25) is 5.91 Å². The molecule has 7 heteroatoms. The van der Waals surface area contributed by atoms with Gasteiger partial charge in [-0.1, -0.05) is 11.6 Å². The Morgan fingerprint density at radius 3 is 2.61 bits per heavy atom. The highest BCUT2D eigenvalue weighted by atomic mass is 35.5. The van der Waals surface area contributed by atoms with Crippen LogP contribution in [0.4, 0.5) is 0 Å². The van der Waals surface area contributed by atoms with Gasteiger partial charge in [0.05, 0.1) is 5.01 Å². The number of nitrogens with zero attached hydrogens (tertiary/aromatic N) is 1. The van der Waals surface area contributed by atoms with Gasteiger partial charge in [0.1, 0.15) is 0 Å². The molecule has 2 amide bonds. The van der Waals surface area contributed by atoms with Crippen LogP contribution in [0.5, 0.6) is 0 Å². The van der Waals surface area contributed by atoms with Crippen molar-refractivity contribution in [3.8, 4) is 0 Å². The van der Waals surface area contributed by atoms with Crippen LogP contribution in [0.2, 0.25) is 5.02 Å². The monoisotopic (exact) mass is 351 g/mol. The lowest BCUT2D eigenvalue weighted by molar-refractivity contribution is -0.121. The Morgan fingerprint density at radius 1 is 1.13 bits per heavy atom. The van der Waals surface area contributed by atoms with E-state index >= 15 is 0 Å². The molecule has 2 rings (SSSR count). The molecule has 122 valence electrons. The van der Waals surface area contributed by atoms with Crippen LogP contribution in [0.3, 0.4) is 0 Å². The SMILES string of the molecule is O=C(CCCNC(=O)c1ccc(Cl)cc1)NCCc1nccs1. The first-order valence-corrected chi connectivity index (χ1v) is 8.60. The minimum atomic E-state index is -0.161. The number of rotatable bonds is 8. The number of amides is 2. The van der Waals surface area contributed by atoms with E-state index < -0.39 is 0 Å². The van der Waals surface area contributed by atoms with Crippen LogP contribution < -0.4 is 10.6 Å². The van der Waals surface area contributed by atoms with Crippen molar-refractivity contribution in [1.29, 1.82) is 0 Å². The highest BCUT2D eigenvalue weighted by Crippen LogP contribution is 2.09. The van der Waals surface area contributed by atoms with Gasteiger partial charge in [0.25, 0.3) is 5.91 Å².